The molecule has 1 amide bonds. The summed E-state index contributed by atoms with van der Waals surface area (Å²) in [5.41, 5.74) is 1.72. The molecule has 0 spiro atoms. The molecular weight excluding hydrogens is 310 g/mol. The van der Waals surface area contributed by atoms with Crippen LogP contribution in [-0.4, -0.2) is 49.1 Å². The van der Waals surface area contributed by atoms with Gasteiger partial charge in [0.15, 0.2) is 0 Å². The third-order valence-electron chi connectivity index (χ3n) is 4.20. The molecule has 0 radical (unpaired) electrons. The first kappa shape index (κ1) is 16.0. The van der Waals surface area contributed by atoms with Gasteiger partial charge in [-0.2, -0.15) is 0 Å². The number of carbonyl (C=O) groups excluding carboxylic acids is 1. The predicted octanol–water partition coefficient (Wildman–Crippen LogP) is 2.81. The molecule has 1 aromatic carbocycles. The number of benzene rings is 1. The van der Waals surface area contributed by atoms with Crippen molar-refractivity contribution in [2.45, 2.75) is 13.0 Å². The maximum Gasteiger partial charge on any atom is 0.256 e. The van der Waals surface area contributed by atoms with E-state index in [2.05, 4.69) is 9.88 Å². The second-order valence-electron chi connectivity index (χ2n) is 5.58. The molecule has 122 valence electrons. The first-order chi connectivity index (χ1) is 11.2. The largest absolute Gasteiger partial charge is 0.378 e. The maximum absolute atomic E-state index is 13.0. The van der Waals surface area contributed by atoms with Crippen molar-refractivity contribution >= 4 is 22.9 Å². The van der Waals surface area contributed by atoms with E-state index in [0.29, 0.717) is 13.2 Å². The van der Waals surface area contributed by atoms with Crippen molar-refractivity contribution < 1.29 is 9.53 Å². The number of ether oxygens (including phenoxy) is 1. The molecule has 1 fully saturated rings. The van der Waals surface area contributed by atoms with Crippen LogP contribution in [0.5, 0.6) is 0 Å². The molecule has 5 nitrogen and oxygen atoms in total. The van der Waals surface area contributed by atoms with Gasteiger partial charge in [-0.3, -0.25) is 4.79 Å². The number of anilines is 1. The lowest BCUT2D eigenvalue weighted by Gasteiger charge is -2.31. The van der Waals surface area contributed by atoms with Crippen molar-refractivity contribution in [3.05, 3.63) is 46.4 Å². The van der Waals surface area contributed by atoms with E-state index >= 15 is 0 Å². The molecule has 1 aliphatic heterocycles. The van der Waals surface area contributed by atoms with Gasteiger partial charge in [0.1, 0.15) is 5.01 Å². The number of aromatic nitrogens is 1. The second kappa shape index (κ2) is 7.10. The van der Waals surface area contributed by atoms with Crippen LogP contribution in [0.4, 0.5) is 5.69 Å². The van der Waals surface area contributed by atoms with Crippen LogP contribution in [0.3, 0.4) is 0 Å². The van der Waals surface area contributed by atoms with E-state index < -0.39 is 0 Å². The van der Waals surface area contributed by atoms with Crippen molar-refractivity contribution in [3.8, 4) is 0 Å². The number of thiazole rings is 1. The van der Waals surface area contributed by atoms with E-state index in [-0.39, 0.29) is 11.9 Å². The number of hydrogen-bond acceptors (Lipinski definition) is 5. The number of nitrogens with zero attached hydrogens (tertiary/aromatic N) is 3. The van der Waals surface area contributed by atoms with Gasteiger partial charge in [0.2, 0.25) is 0 Å². The zero-order valence-electron chi connectivity index (χ0n) is 13.4. The summed E-state index contributed by atoms with van der Waals surface area (Å²) in [7, 11) is 1.84. The fraction of sp³-hybridized carbons (Fsp3) is 0.412. The normalized spacial score (nSPS) is 16.2. The number of carbonyl (C=O) groups is 1. The van der Waals surface area contributed by atoms with Crippen LogP contribution in [0.15, 0.2) is 35.8 Å². The van der Waals surface area contributed by atoms with Crippen LogP contribution < -0.4 is 4.90 Å². The van der Waals surface area contributed by atoms with Gasteiger partial charge in [-0.15, -0.1) is 11.3 Å². The first-order valence-corrected chi connectivity index (χ1v) is 8.64. The summed E-state index contributed by atoms with van der Waals surface area (Å²) >= 11 is 1.57. The van der Waals surface area contributed by atoms with Gasteiger partial charge >= 0.3 is 0 Å². The Morgan fingerprint density at radius 1 is 1.35 bits per heavy atom. The predicted molar refractivity (Wildman–Crippen MR) is 92.1 cm³/mol. The molecule has 2 heterocycles. The number of hydrogen-bond donors (Lipinski definition) is 0. The number of para-hydroxylation sites is 1. The molecule has 0 unspecified atom stereocenters. The maximum atomic E-state index is 13.0. The van der Waals surface area contributed by atoms with Gasteiger partial charge < -0.3 is 14.5 Å². The van der Waals surface area contributed by atoms with E-state index in [1.807, 2.05) is 43.6 Å². The van der Waals surface area contributed by atoms with Gasteiger partial charge in [-0.25, -0.2) is 4.98 Å². The van der Waals surface area contributed by atoms with Crippen LogP contribution in [0.2, 0.25) is 0 Å². The number of morpholine rings is 1. The summed E-state index contributed by atoms with van der Waals surface area (Å²) in [5.74, 6) is 0.0230. The molecule has 23 heavy (non-hydrogen) atoms. The van der Waals surface area contributed by atoms with Gasteiger partial charge in [-0.1, -0.05) is 12.1 Å². The van der Waals surface area contributed by atoms with Crippen LogP contribution in [0.25, 0.3) is 0 Å². The molecule has 6 heteroatoms. The molecule has 0 aliphatic carbocycles. The Morgan fingerprint density at radius 2 is 2.09 bits per heavy atom. The lowest BCUT2D eigenvalue weighted by atomic mass is 10.1. The van der Waals surface area contributed by atoms with Crippen molar-refractivity contribution in [1.29, 1.82) is 0 Å². The van der Waals surface area contributed by atoms with Crippen LogP contribution in [-0.2, 0) is 4.74 Å². The highest BCUT2D eigenvalue weighted by atomic mass is 32.1. The number of rotatable bonds is 4. The van der Waals surface area contributed by atoms with Gasteiger partial charge in [0, 0.05) is 37.4 Å². The molecule has 0 bridgehead atoms. The quantitative estimate of drug-likeness (QED) is 0.864. The molecule has 2 aromatic rings. The molecule has 0 saturated carbocycles. The van der Waals surface area contributed by atoms with Crippen molar-refractivity contribution in [3.63, 3.8) is 0 Å². The molecule has 1 aliphatic rings. The summed E-state index contributed by atoms with van der Waals surface area (Å²) in [4.78, 5) is 21.3. The Hall–Kier alpha value is -1.92. The number of amides is 1. The SMILES string of the molecule is C[C@@H](c1nccs1)N(C)C(=O)c1ccccc1N1CCOCC1. The Bertz CT molecular complexity index is 654. The Morgan fingerprint density at radius 3 is 2.78 bits per heavy atom. The van der Waals surface area contributed by atoms with E-state index in [1.54, 1.807) is 22.4 Å². The van der Waals surface area contributed by atoms with E-state index in [0.717, 1.165) is 29.3 Å². The zero-order chi connectivity index (χ0) is 16.2. The Kier molecular flexibility index (Phi) is 4.93. The molecule has 1 saturated heterocycles. The van der Waals surface area contributed by atoms with Crippen molar-refractivity contribution in [2.24, 2.45) is 0 Å². The second-order valence-corrected chi connectivity index (χ2v) is 6.51. The van der Waals surface area contributed by atoms with Crippen LogP contribution >= 0.6 is 11.3 Å². The Labute approximate surface area is 140 Å². The molecule has 3 rings (SSSR count). The molecule has 1 aromatic heterocycles. The average molecular weight is 331 g/mol. The molecule has 0 N–H and O–H groups in total. The van der Waals surface area contributed by atoms with Crippen molar-refractivity contribution in [1.82, 2.24) is 9.88 Å². The standard InChI is InChI=1S/C17H21N3O2S/c1-13(16-18-7-12-23-16)19(2)17(21)14-5-3-4-6-15(14)20-8-10-22-11-9-20/h3-7,12-13H,8-11H2,1-2H3/t13-/m0/s1. The minimum Gasteiger partial charge on any atom is -0.378 e. The highest BCUT2D eigenvalue weighted by Crippen LogP contribution is 2.27. The smallest absolute Gasteiger partial charge is 0.256 e. The highest BCUT2D eigenvalue weighted by Gasteiger charge is 2.24. The average Bonchev–Trinajstić information content (AvgIpc) is 3.15. The summed E-state index contributed by atoms with van der Waals surface area (Å²) < 4.78 is 5.41. The minimum atomic E-state index is -0.0414. The van der Waals surface area contributed by atoms with Gasteiger partial charge in [-0.05, 0) is 19.1 Å². The lowest BCUT2D eigenvalue weighted by molar-refractivity contribution is 0.0742. The van der Waals surface area contributed by atoms with Gasteiger partial charge in [0.05, 0.1) is 24.8 Å². The summed E-state index contributed by atoms with van der Waals surface area (Å²) in [6, 6.07) is 7.77. The molecule has 1 atom stereocenters. The summed E-state index contributed by atoms with van der Waals surface area (Å²) in [5, 5.41) is 2.89. The minimum absolute atomic E-state index is 0.0230. The van der Waals surface area contributed by atoms with Gasteiger partial charge in [0.25, 0.3) is 5.91 Å². The van der Waals surface area contributed by atoms with E-state index in [9.17, 15) is 4.79 Å². The lowest BCUT2D eigenvalue weighted by Crippen LogP contribution is -2.38. The van der Waals surface area contributed by atoms with E-state index in [4.69, 9.17) is 4.74 Å². The third kappa shape index (κ3) is 3.38. The fourth-order valence-electron chi connectivity index (χ4n) is 2.71. The monoisotopic (exact) mass is 331 g/mol. The topological polar surface area (TPSA) is 45.7 Å². The highest BCUT2D eigenvalue weighted by molar-refractivity contribution is 7.09. The van der Waals surface area contributed by atoms with Crippen LogP contribution in [0.1, 0.15) is 28.3 Å². The van der Waals surface area contributed by atoms with Crippen molar-refractivity contribution in [2.75, 3.05) is 38.3 Å². The van der Waals surface area contributed by atoms with E-state index in [1.165, 1.54) is 0 Å². The Balaban J connectivity index is 1.84. The molecular formula is C17H21N3O2S. The fourth-order valence-corrected chi connectivity index (χ4v) is 3.44. The zero-order valence-corrected chi connectivity index (χ0v) is 14.3. The summed E-state index contributed by atoms with van der Waals surface area (Å²) in [6.45, 7) is 5.04. The first-order valence-electron chi connectivity index (χ1n) is 7.76. The summed E-state index contributed by atoms with van der Waals surface area (Å²) in [6.07, 6.45) is 1.77. The van der Waals surface area contributed by atoms with Crippen LogP contribution in [0, 0.1) is 0 Å². The third-order valence-corrected chi connectivity index (χ3v) is 5.14.